The first-order valence-electron chi connectivity index (χ1n) is 9.72. The molecule has 0 saturated carbocycles. The molecule has 3 rings (SSSR count). The molecular formula is C22H24N6O2. The number of aromatic nitrogens is 3. The molecule has 30 heavy (non-hydrogen) atoms. The van der Waals surface area contributed by atoms with Crippen molar-refractivity contribution in [3.8, 4) is 6.07 Å². The maximum atomic E-state index is 12.9. The van der Waals surface area contributed by atoms with Gasteiger partial charge in [-0.2, -0.15) is 5.26 Å². The Hall–Kier alpha value is -3.57. The highest BCUT2D eigenvalue weighted by molar-refractivity contribution is 5.77. The van der Waals surface area contributed by atoms with E-state index in [1.54, 1.807) is 41.3 Å². The number of rotatable bonds is 8. The van der Waals surface area contributed by atoms with Gasteiger partial charge >= 0.3 is 0 Å². The SMILES string of the molecule is CN(C)CCN(Cc1ccc(C#N)cc1)C(=O)CCn1nnc2ccccc2c1=O. The van der Waals surface area contributed by atoms with Gasteiger partial charge in [0, 0.05) is 26.1 Å². The fourth-order valence-electron chi connectivity index (χ4n) is 3.05. The summed E-state index contributed by atoms with van der Waals surface area (Å²) < 4.78 is 1.24. The van der Waals surface area contributed by atoms with Crippen LogP contribution in [-0.4, -0.2) is 57.9 Å². The smallest absolute Gasteiger partial charge is 0.277 e. The van der Waals surface area contributed by atoms with Crippen LogP contribution in [0.1, 0.15) is 17.5 Å². The van der Waals surface area contributed by atoms with Crippen LogP contribution in [0.5, 0.6) is 0 Å². The van der Waals surface area contributed by atoms with E-state index in [1.807, 2.05) is 31.1 Å². The molecule has 3 aromatic rings. The van der Waals surface area contributed by atoms with Crippen molar-refractivity contribution in [2.24, 2.45) is 0 Å². The van der Waals surface area contributed by atoms with Crippen LogP contribution in [-0.2, 0) is 17.9 Å². The summed E-state index contributed by atoms with van der Waals surface area (Å²) in [5.41, 5.74) is 1.82. The summed E-state index contributed by atoms with van der Waals surface area (Å²) in [6, 6.07) is 16.3. The number of benzene rings is 2. The maximum absolute atomic E-state index is 12.9. The maximum Gasteiger partial charge on any atom is 0.277 e. The van der Waals surface area contributed by atoms with Gasteiger partial charge in [-0.15, -0.1) is 5.10 Å². The molecule has 0 aliphatic heterocycles. The van der Waals surface area contributed by atoms with E-state index in [0.29, 0.717) is 29.6 Å². The van der Waals surface area contributed by atoms with Gasteiger partial charge in [-0.1, -0.05) is 29.5 Å². The molecule has 0 atom stereocenters. The average Bonchev–Trinajstić information content (AvgIpc) is 2.76. The Bertz CT molecular complexity index is 1110. The number of hydrogen-bond donors (Lipinski definition) is 0. The van der Waals surface area contributed by atoms with Gasteiger partial charge in [-0.05, 0) is 43.9 Å². The third-order valence-corrected chi connectivity index (χ3v) is 4.79. The number of fused-ring (bicyclic) bond motifs is 1. The number of nitriles is 1. The van der Waals surface area contributed by atoms with Crippen molar-refractivity contribution in [3.05, 3.63) is 70.0 Å². The van der Waals surface area contributed by atoms with E-state index in [-0.39, 0.29) is 24.4 Å². The summed E-state index contributed by atoms with van der Waals surface area (Å²) in [5, 5.41) is 17.5. The number of amides is 1. The van der Waals surface area contributed by atoms with Crippen molar-refractivity contribution < 1.29 is 4.79 Å². The first kappa shape index (κ1) is 21.1. The van der Waals surface area contributed by atoms with Crippen molar-refractivity contribution in [2.45, 2.75) is 19.5 Å². The lowest BCUT2D eigenvalue weighted by molar-refractivity contribution is -0.132. The zero-order chi connectivity index (χ0) is 21.5. The Morgan fingerprint density at radius 1 is 1.10 bits per heavy atom. The molecule has 154 valence electrons. The second kappa shape index (κ2) is 9.76. The lowest BCUT2D eigenvalue weighted by Crippen LogP contribution is -2.37. The minimum absolute atomic E-state index is 0.0666. The highest BCUT2D eigenvalue weighted by Crippen LogP contribution is 2.09. The summed E-state index contributed by atoms with van der Waals surface area (Å²) in [6.45, 7) is 1.89. The van der Waals surface area contributed by atoms with Crippen molar-refractivity contribution in [3.63, 3.8) is 0 Å². The molecule has 0 spiro atoms. The molecule has 8 heteroatoms. The number of hydrogen-bond acceptors (Lipinski definition) is 6. The molecule has 1 amide bonds. The minimum Gasteiger partial charge on any atom is -0.337 e. The van der Waals surface area contributed by atoms with E-state index in [4.69, 9.17) is 5.26 Å². The van der Waals surface area contributed by atoms with Crippen LogP contribution in [0.25, 0.3) is 10.9 Å². The molecular weight excluding hydrogens is 380 g/mol. The summed E-state index contributed by atoms with van der Waals surface area (Å²) in [7, 11) is 3.91. The molecule has 0 unspecified atom stereocenters. The second-order valence-electron chi connectivity index (χ2n) is 7.31. The summed E-state index contributed by atoms with van der Waals surface area (Å²) >= 11 is 0. The normalized spacial score (nSPS) is 10.9. The Labute approximate surface area is 174 Å². The molecule has 0 bridgehead atoms. The standard InChI is InChI=1S/C22H24N6O2/c1-26(2)13-14-27(16-18-9-7-17(15-23)8-10-18)21(29)11-12-28-22(30)19-5-3-4-6-20(19)24-25-28/h3-10H,11-14,16H2,1-2H3. The zero-order valence-corrected chi connectivity index (χ0v) is 17.2. The van der Waals surface area contributed by atoms with Crippen LogP contribution in [0.3, 0.4) is 0 Å². The number of carbonyl (C=O) groups excluding carboxylic acids is 1. The van der Waals surface area contributed by atoms with Crippen molar-refractivity contribution >= 4 is 16.8 Å². The molecule has 8 nitrogen and oxygen atoms in total. The molecule has 0 saturated heterocycles. The highest BCUT2D eigenvalue weighted by Gasteiger charge is 2.16. The van der Waals surface area contributed by atoms with Crippen LogP contribution < -0.4 is 5.56 Å². The van der Waals surface area contributed by atoms with E-state index in [1.165, 1.54) is 4.68 Å². The average molecular weight is 404 g/mol. The number of likely N-dealkylation sites (N-methyl/N-ethyl adjacent to an activating group) is 1. The van der Waals surface area contributed by atoms with Gasteiger partial charge in [-0.25, -0.2) is 4.68 Å². The van der Waals surface area contributed by atoms with E-state index >= 15 is 0 Å². The third kappa shape index (κ3) is 5.27. The molecule has 0 aliphatic rings. The van der Waals surface area contributed by atoms with E-state index in [9.17, 15) is 9.59 Å². The van der Waals surface area contributed by atoms with Crippen LogP contribution in [0.2, 0.25) is 0 Å². The monoisotopic (exact) mass is 404 g/mol. The van der Waals surface area contributed by atoms with Gasteiger partial charge in [0.05, 0.1) is 23.6 Å². The molecule has 0 fully saturated rings. The van der Waals surface area contributed by atoms with Gasteiger partial charge in [0.15, 0.2) is 0 Å². The molecule has 1 aromatic heterocycles. The van der Waals surface area contributed by atoms with E-state index < -0.39 is 0 Å². The third-order valence-electron chi connectivity index (χ3n) is 4.79. The Morgan fingerprint density at radius 3 is 2.53 bits per heavy atom. The quantitative estimate of drug-likeness (QED) is 0.566. The van der Waals surface area contributed by atoms with Crippen LogP contribution in [0.15, 0.2) is 53.3 Å². The van der Waals surface area contributed by atoms with Crippen LogP contribution in [0.4, 0.5) is 0 Å². The highest BCUT2D eigenvalue weighted by atomic mass is 16.2. The lowest BCUT2D eigenvalue weighted by atomic mass is 10.1. The van der Waals surface area contributed by atoms with Crippen LogP contribution in [0, 0.1) is 11.3 Å². The number of aryl methyl sites for hydroxylation is 1. The molecule has 0 aliphatic carbocycles. The van der Waals surface area contributed by atoms with Gasteiger partial charge in [0.1, 0.15) is 5.52 Å². The van der Waals surface area contributed by atoms with Gasteiger partial charge in [-0.3, -0.25) is 9.59 Å². The summed E-state index contributed by atoms with van der Waals surface area (Å²) in [5.74, 6) is -0.0666. The Kier molecular flexibility index (Phi) is 6.88. The Balaban J connectivity index is 1.71. The minimum atomic E-state index is -0.250. The molecule has 1 heterocycles. The topological polar surface area (TPSA) is 95.1 Å². The first-order valence-corrected chi connectivity index (χ1v) is 9.72. The van der Waals surface area contributed by atoms with Crippen molar-refractivity contribution in [1.82, 2.24) is 24.8 Å². The predicted octanol–water partition coefficient (Wildman–Crippen LogP) is 1.64. The molecule has 2 aromatic carbocycles. The largest absolute Gasteiger partial charge is 0.337 e. The fourth-order valence-corrected chi connectivity index (χ4v) is 3.05. The number of nitrogens with zero attached hydrogens (tertiary/aromatic N) is 6. The summed E-state index contributed by atoms with van der Waals surface area (Å²) in [4.78, 5) is 29.3. The Morgan fingerprint density at radius 2 is 1.83 bits per heavy atom. The predicted molar refractivity (Wildman–Crippen MR) is 114 cm³/mol. The fraction of sp³-hybridized carbons (Fsp3) is 0.318. The van der Waals surface area contributed by atoms with Gasteiger partial charge in [0.2, 0.25) is 5.91 Å². The van der Waals surface area contributed by atoms with Gasteiger partial charge < -0.3 is 9.80 Å². The molecule has 0 radical (unpaired) electrons. The first-order chi connectivity index (χ1) is 14.5. The van der Waals surface area contributed by atoms with E-state index in [0.717, 1.165) is 12.1 Å². The van der Waals surface area contributed by atoms with E-state index in [2.05, 4.69) is 16.4 Å². The number of carbonyl (C=O) groups is 1. The zero-order valence-electron chi connectivity index (χ0n) is 17.2. The lowest BCUT2D eigenvalue weighted by Gasteiger charge is -2.24. The van der Waals surface area contributed by atoms with Gasteiger partial charge in [0.25, 0.3) is 5.56 Å². The van der Waals surface area contributed by atoms with Crippen LogP contribution >= 0.6 is 0 Å². The second-order valence-corrected chi connectivity index (χ2v) is 7.31. The molecule has 0 N–H and O–H groups in total. The van der Waals surface area contributed by atoms with Crippen molar-refractivity contribution in [2.75, 3.05) is 27.2 Å². The summed E-state index contributed by atoms with van der Waals surface area (Å²) in [6.07, 6.45) is 0.149. The van der Waals surface area contributed by atoms with Crippen molar-refractivity contribution in [1.29, 1.82) is 5.26 Å².